The average Bonchev–Trinajstić information content (AvgIpc) is 2.96. The van der Waals surface area contributed by atoms with Gasteiger partial charge in [0.15, 0.2) is 0 Å². The predicted molar refractivity (Wildman–Crippen MR) is 85.5 cm³/mol. The summed E-state index contributed by atoms with van der Waals surface area (Å²) in [6.45, 7) is 0.485. The summed E-state index contributed by atoms with van der Waals surface area (Å²) in [4.78, 5) is 24.3. The van der Waals surface area contributed by atoms with Crippen LogP contribution in [0.5, 0.6) is 0 Å². The number of benzene rings is 1. The minimum absolute atomic E-state index is 0.149. The molecule has 0 spiro atoms. The smallest absolute Gasteiger partial charge is 0.404 e. The lowest BCUT2D eigenvalue weighted by Crippen LogP contribution is -2.33. The summed E-state index contributed by atoms with van der Waals surface area (Å²) in [5, 5.41) is 13.4. The van der Waals surface area contributed by atoms with E-state index >= 15 is 0 Å². The SMILES string of the molecule is O=C(O)NCCNC(=O)c1cc2c(s1)-c1ccccc1CC2. The first-order valence-electron chi connectivity index (χ1n) is 7.11. The molecule has 0 radical (unpaired) electrons. The minimum atomic E-state index is -1.09. The van der Waals surface area contributed by atoms with Crippen molar-refractivity contribution in [1.82, 2.24) is 10.6 Å². The van der Waals surface area contributed by atoms with Gasteiger partial charge in [0, 0.05) is 18.0 Å². The normalized spacial score (nSPS) is 12.2. The van der Waals surface area contributed by atoms with E-state index in [0.717, 1.165) is 12.8 Å². The number of carbonyl (C=O) groups excluding carboxylic acids is 1. The van der Waals surface area contributed by atoms with Gasteiger partial charge in [-0.05, 0) is 35.6 Å². The Bertz CT molecular complexity index is 724. The Balaban J connectivity index is 1.71. The molecule has 6 heteroatoms. The molecule has 2 amide bonds. The van der Waals surface area contributed by atoms with Gasteiger partial charge < -0.3 is 15.7 Å². The van der Waals surface area contributed by atoms with Gasteiger partial charge in [0.2, 0.25) is 0 Å². The molecule has 3 N–H and O–H groups in total. The Morgan fingerprint density at radius 1 is 1.09 bits per heavy atom. The molecule has 3 rings (SSSR count). The molecule has 1 aromatic heterocycles. The van der Waals surface area contributed by atoms with E-state index in [2.05, 4.69) is 22.8 Å². The van der Waals surface area contributed by atoms with Crippen molar-refractivity contribution in [3.05, 3.63) is 46.3 Å². The number of thiophene rings is 1. The highest BCUT2D eigenvalue weighted by atomic mass is 32.1. The Labute approximate surface area is 132 Å². The molecular formula is C16H16N2O3S. The summed E-state index contributed by atoms with van der Waals surface area (Å²) >= 11 is 1.50. The Hall–Kier alpha value is -2.34. The summed E-state index contributed by atoms with van der Waals surface area (Å²) in [6.07, 6.45) is 0.873. The van der Waals surface area contributed by atoms with Crippen LogP contribution in [0.25, 0.3) is 10.4 Å². The molecule has 0 unspecified atom stereocenters. The molecule has 5 nitrogen and oxygen atoms in total. The maximum Gasteiger partial charge on any atom is 0.404 e. The lowest BCUT2D eigenvalue weighted by Gasteiger charge is -2.15. The first-order valence-corrected chi connectivity index (χ1v) is 7.93. The van der Waals surface area contributed by atoms with Crippen LogP contribution in [0.4, 0.5) is 4.79 Å². The summed E-state index contributed by atoms with van der Waals surface area (Å²) in [6, 6.07) is 10.2. The van der Waals surface area contributed by atoms with Crippen molar-refractivity contribution in [2.45, 2.75) is 12.8 Å². The van der Waals surface area contributed by atoms with Crippen LogP contribution in [-0.4, -0.2) is 30.2 Å². The third-order valence-corrected chi connectivity index (χ3v) is 4.85. The molecule has 0 atom stereocenters. The molecule has 114 valence electrons. The second-order valence-corrected chi connectivity index (χ2v) is 6.16. The summed E-state index contributed by atoms with van der Waals surface area (Å²) < 4.78 is 0. The van der Waals surface area contributed by atoms with E-state index in [-0.39, 0.29) is 19.0 Å². The fourth-order valence-corrected chi connectivity index (χ4v) is 3.80. The zero-order valence-electron chi connectivity index (χ0n) is 11.9. The monoisotopic (exact) mass is 316 g/mol. The lowest BCUT2D eigenvalue weighted by atomic mass is 9.91. The highest BCUT2D eigenvalue weighted by molar-refractivity contribution is 7.17. The lowest BCUT2D eigenvalue weighted by molar-refractivity contribution is 0.0957. The van der Waals surface area contributed by atoms with Gasteiger partial charge in [-0.25, -0.2) is 4.79 Å². The standard InChI is InChI=1S/C16H16N2O3S/c19-15(17-7-8-18-16(20)21)13-9-11-6-5-10-3-1-2-4-12(10)14(11)22-13/h1-4,9,18H,5-8H2,(H,17,19)(H,20,21). The quantitative estimate of drug-likeness (QED) is 0.758. The number of aryl methyl sites for hydroxylation is 2. The van der Waals surface area contributed by atoms with E-state index in [1.807, 2.05) is 18.2 Å². The van der Waals surface area contributed by atoms with Gasteiger partial charge in [-0.2, -0.15) is 0 Å². The Morgan fingerprint density at radius 3 is 2.64 bits per heavy atom. The van der Waals surface area contributed by atoms with Crippen LogP contribution < -0.4 is 10.6 Å². The van der Waals surface area contributed by atoms with Crippen LogP contribution in [0.3, 0.4) is 0 Å². The fourth-order valence-electron chi connectivity index (χ4n) is 2.62. The molecule has 22 heavy (non-hydrogen) atoms. The number of amides is 2. The first kappa shape index (κ1) is 14.6. The third kappa shape index (κ3) is 2.96. The van der Waals surface area contributed by atoms with Crippen LogP contribution in [0, 0.1) is 0 Å². The van der Waals surface area contributed by atoms with E-state index in [1.54, 1.807) is 0 Å². The highest BCUT2D eigenvalue weighted by Crippen LogP contribution is 2.39. The predicted octanol–water partition coefficient (Wildman–Crippen LogP) is 2.51. The molecule has 2 aromatic rings. The van der Waals surface area contributed by atoms with E-state index in [4.69, 9.17) is 5.11 Å². The summed E-state index contributed by atoms with van der Waals surface area (Å²) in [7, 11) is 0. The number of fused-ring (bicyclic) bond motifs is 3. The zero-order valence-corrected chi connectivity index (χ0v) is 12.7. The largest absolute Gasteiger partial charge is 0.465 e. The van der Waals surface area contributed by atoms with Crippen LogP contribution in [0.2, 0.25) is 0 Å². The number of hydrogen-bond donors (Lipinski definition) is 3. The molecule has 0 bridgehead atoms. The van der Waals surface area contributed by atoms with Crippen molar-refractivity contribution in [2.24, 2.45) is 0 Å². The topological polar surface area (TPSA) is 78.4 Å². The zero-order chi connectivity index (χ0) is 15.5. The van der Waals surface area contributed by atoms with Gasteiger partial charge in [0.25, 0.3) is 5.91 Å². The number of carbonyl (C=O) groups is 2. The van der Waals surface area contributed by atoms with Crippen LogP contribution in [0.1, 0.15) is 20.8 Å². The van der Waals surface area contributed by atoms with E-state index in [0.29, 0.717) is 4.88 Å². The van der Waals surface area contributed by atoms with Crippen molar-refractivity contribution in [3.8, 4) is 10.4 Å². The molecule has 0 aliphatic heterocycles. The third-order valence-electron chi connectivity index (χ3n) is 3.65. The summed E-state index contributed by atoms with van der Waals surface area (Å²) in [5.41, 5.74) is 3.77. The van der Waals surface area contributed by atoms with Crippen molar-refractivity contribution in [2.75, 3.05) is 13.1 Å². The van der Waals surface area contributed by atoms with Gasteiger partial charge in [-0.3, -0.25) is 4.79 Å². The van der Waals surface area contributed by atoms with Crippen LogP contribution in [-0.2, 0) is 12.8 Å². The molecule has 1 aliphatic carbocycles. The van der Waals surface area contributed by atoms with Gasteiger partial charge in [-0.1, -0.05) is 24.3 Å². The minimum Gasteiger partial charge on any atom is -0.465 e. The van der Waals surface area contributed by atoms with Crippen molar-refractivity contribution >= 4 is 23.3 Å². The van der Waals surface area contributed by atoms with Gasteiger partial charge in [0.1, 0.15) is 0 Å². The molecule has 0 saturated heterocycles. The highest BCUT2D eigenvalue weighted by Gasteiger charge is 2.21. The van der Waals surface area contributed by atoms with E-state index in [9.17, 15) is 9.59 Å². The number of hydrogen-bond acceptors (Lipinski definition) is 3. The molecule has 1 aliphatic rings. The maximum absolute atomic E-state index is 12.1. The number of carboxylic acid groups (broad SMARTS) is 1. The molecular weight excluding hydrogens is 300 g/mol. The molecule has 1 heterocycles. The molecule has 1 aromatic carbocycles. The first-order chi connectivity index (χ1) is 10.6. The van der Waals surface area contributed by atoms with Gasteiger partial charge in [0.05, 0.1) is 4.88 Å². The second kappa shape index (κ2) is 6.19. The van der Waals surface area contributed by atoms with E-state index < -0.39 is 6.09 Å². The maximum atomic E-state index is 12.1. The number of rotatable bonds is 4. The molecule has 0 fully saturated rings. The number of nitrogens with one attached hydrogen (secondary N) is 2. The van der Waals surface area contributed by atoms with Crippen LogP contribution >= 0.6 is 11.3 Å². The summed E-state index contributed by atoms with van der Waals surface area (Å²) in [5.74, 6) is -0.149. The fraction of sp³-hybridized carbons (Fsp3) is 0.250. The van der Waals surface area contributed by atoms with Gasteiger partial charge in [-0.15, -0.1) is 11.3 Å². The van der Waals surface area contributed by atoms with Crippen molar-refractivity contribution in [3.63, 3.8) is 0 Å². The average molecular weight is 316 g/mol. The van der Waals surface area contributed by atoms with E-state index in [1.165, 1.54) is 32.9 Å². The second-order valence-electron chi connectivity index (χ2n) is 5.11. The van der Waals surface area contributed by atoms with Crippen molar-refractivity contribution in [1.29, 1.82) is 0 Å². The van der Waals surface area contributed by atoms with Crippen LogP contribution in [0.15, 0.2) is 30.3 Å². The van der Waals surface area contributed by atoms with Crippen molar-refractivity contribution < 1.29 is 14.7 Å². The Kier molecular flexibility index (Phi) is 4.11. The Morgan fingerprint density at radius 2 is 1.82 bits per heavy atom. The molecule has 0 saturated carbocycles. The van der Waals surface area contributed by atoms with Gasteiger partial charge >= 0.3 is 6.09 Å².